The van der Waals surface area contributed by atoms with Crippen molar-refractivity contribution >= 4 is 11.7 Å². The van der Waals surface area contributed by atoms with Gasteiger partial charge in [-0.1, -0.05) is 12.1 Å². The fraction of sp³-hybridized carbons (Fsp3) is 0.278. The second-order valence-corrected chi connectivity index (χ2v) is 5.16. The van der Waals surface area contributed by atoms with Crippen LogP contribution in [0.5, 0.6) is 11.5 Å². The first-order chi connectivity index (χ1) is 12.0. The molecule has 0 aliphatic carbocycles. The van der Waals surface area contributed by atoms with Crippen molar-refractivity contribution in [2.24, 2.45) is 0 Å². The van der Waals surface area contributed by atoms with Gasteiger partial charge in [0.2, 0.25) is 0 Å². The average molecular weight is 345 g/mol. The SMILES string of the molecule is CCOc1ccc(C(=O)OC(C)c2ccccc2[N+](=O)[O-])cc1OC. The maximum absolute atomic E-state index is 12.4. The standard InChI is InChI=1S/C18H19NO6/c1-4-24-16-10-9-13(11-17(16)23-3)18(20)25-12(2)14-7-5-6-8-15(14)19(21)22/h5-12H,4H2,1-3H3. The van der Waals surface area contributed by atoms with Gasteiger partial charge in [-0.2, -0.15) is 0 Å². The molecule has 0 bridgehead atoms. The van der Waals surface area contributed by atoms with Crippen LogP contribution in [0.15, 0.2) is 42.5 Å². The first kappa shape index (κ1) is 18.3. The summed E-state index contributed by atoms with van der Waals surface area (Å²) in [6.45, 7) is 3.90. The van der Waals surface area contributed by atoms with Crippen molar-refractivity contribution in [2.45, 2.75) is 20.0 Å². The van der Waals surface area contributed by atoms with E-state index >= 15 is 0 Å². The van der Waals surface area contributed by atoms with Gasteiger partial charge in [0, 0.05) is 6.07 Å². The predicted octanol–water partition coefficient (Wildman–Crippen LogP) is 3.92. The monoisotopic (exact) mass is 345 g/mol. The molecule has 0 radical (unpaired) electrons. The van der Waals surface area contributed by atoms with Crippen LogP contribution in [0.2, 0.25) is 0 Å². The van der Waals surface area contributed by atoms with E-state index in [0.29, 0.717) is 23.7 Å². The lowest BCUT2D eigenvalue weighted by molar-refractivity contribution is -0.386. The summed E-state index contributed by atoms with van der Waals surface area (Å²) in [5.41, 5.74) is 0.511. The van der Waals surface area contributed by atoms with Gasteiger partial charge in [0.15, 0.2) is 11.5 Å². The van der Waals surface area contributed by atoms with E-state index < -0.39 is 17.0 Å². The molecule has 0 heterocycles. The summed E-state index contributed by atoms with van der Waals surface area (Å²) in [4.78, 5) is 23.0. The Morgan fingerprint density at radius 1 is 1.20 bits per heavy atom. The summed E-state index contributed by atoms with van der Waals surface area (Å²) in [5, 5.41) is 11.1. The van der Waals surface area contributed by atoms with Crippen LogP contribution in [0, 0.1) is 10.1 Å². The van der Waals surface area contributed by atoms with E-state index in [9.17, 15) is 14.9 Å². The third-order valence-electron chi connectivity index (χ3n) is 3.55. The molecule has 0 N–H and O–H groups in total. The number of para-hydroxylation sites is 1. The quantitative estimate of drug-likeness (QED) is 0.429. The number of hydrogen-bond acceptors (Lipinski definition) is 6. The normalized spacial score (nSPS) is 11.5. The summed E-state index contributed by atoms with van der Waals surface area (Å²) in [6, 6.07) is 10.9. The van der Waals surface area contributed by atoms with Crippen LogP contribution < -0.4 is 9.47 Å². The van der Waals surface area contributed by atoms with Crippen molar-refractivity contribution in [3.63, 3.8) is 0 Å². The van der Waals surface area contributed by atoms with Crippen LogP contribution in [0.1, 0.15) is 35.9 Å². The van der Waals surface area contributed by atoms with Gasteiger partial charge >= 0.3 is 5.97 Å². The molecule has 7 heteroatoms. The predicted molar refractivity (Wildman–Crippen MR) is 91.1 cm³/mol. The highest BCUT2D eigenvalue weighted by Gasteiger charge is 2.22. The van der Waals surface area contributed by atoms with Gasteiger partial charge in [-0.3, -0.25) is 10.1 Å². The summed E-state index contributed by atoms with van der Waals surface area (Å²) in [6.07, 6.45) is -0.772. The second-order valence-electron chi connectivity index (χ2n) is 5.16. The Morgan fingerprint density at radius 3 is 2.56 bits per heavy atom. The molecule has 1 unspecified atom stereocenters. The van der Waals surface area contributed by atoms with Gasteiger partial charge in [-0.05, 0) is 38.1 Å². The lowest BCUT2D eigenvalue weighted by atomic mass is 10.1. The first-order valence-corrected chi connectivity index (χ1v) is 7.73. The second kappa shape index (κ2) is 8.14. The summed E-state index contributed by atoms with van der Waals surface area (Å²) >= 11 is 0. The lowest BCUT2D eigenvalue weighted by Crippen LogP contribution is -2.11. The molecule has 2 aromatic rings. The van der Waals surface area contributed by atoms with Crippen molar-refractivity contribution in [3.8, 4) is 11.5 Å². The maximum Gasteiger partial charge on any atom is 0.338 e. The minimum absolute atomic E-state index is 0.0907. The van der Waals surface area contributed by atoms with Crippen molar-refractivity contribution in [3.05, 3.63) is 63.7 Å². The molecule has 1 atom stereocenters. The zero-order valence-corrected chi connectivity index (χ0v) is 14.2. The molecule has 0 fully saturated rings. The Hall–Kier alpha value is -3.09. The molecule has 0 aliphatic rings. The Morgan fingerprint density at radius 2 is 1.92 bits per heavy atom. The molecule has 0 amide bonds. The van der Waals surface area contributed by atoms with E-state index in [0.717, 1.165) is 0 Å². The number of nitrogens with zero attached hydrogens (tertiary/aromatic N) is 1. The van der Waals surface area contributed by atoms with Crippen LogP contribution in [-0.2, 0) is 4.74 Å². The van der Waals surface area contributed by atoms with E-state index in [-0.39, 0.29) is 11.3 Å². The number of esters is 1. The van der Waals surface area contributed by atoms with Crippen LogP contribution in [-0.4, -0.2) is 24.6 Å². The van der Waals surface area contributed by atoms with Gasteiger partial charge in [-0.25, -0.2) is 4.79 Å². The molecule has 2 aromatic carbocycles. The molecule has 0 aromatic heterocycles. The molecule has 2 rings (SSSR count). The third kappa shape index (κ3) is 4.26. The molecule has 0 spiro atoms. The van der Waals surface area contributed by atoms with Crippen LogP contribution in [0.3, 0.4) is 0 Å². The lowest BCUT2D eigenvalue weighted by Gasteiger charge is -2.15. The molecular formula is C18H19NO6. The number of carbonyl (C=O) groups excluding carboxylic acids is 1. The third-order valence-corrected chi connectivity index (χ3v) is 3.55. The number of carbonyl (C=O) groups is 1. The molecule has 132 valence electrons. The maximum atomic E-state index is 12.4. The van der Waals surface area contributed by atoms with Crippen molar-refractivity contribution < 1.29 is 23.9 Å². The smallest absolute Gasteiger partial charge is 0.338 e. The number of hydrogen-bond donors (Lipinski definition) is 0. The van der Waals surface area contributed by atoms with E-state index in [1.807, 2.05) is 6.92 Å². The summed E-state index contributed by atoms with van der Waals surface area (Å²) in [7, 11) is 1.48. The highest BCUT2D eigenvalue weighted by molar-refractivity contribution is 5.90. The molecule has 25 heavy (non-hydrogen) atoms. The Balaban J connectivity index is 2.21. The van der Waals surface area contributed by atoms with Gasteiger partial charge in [0.25, 0.3) is 5.69 Å². The number of nitro groups is 1. The highest BCUT2D eigenvalue weighted by Crippen LogP contribution is 2.31. The van der Waals surface area contributed by atoms with Gasteiger partial charge in [0.1, 0.15) is 6.10 Å². The van der Waals surface area contributed by atoms with Gasteiger partial charge < -0.3 is 14.2 Å². The zero-order valence-electron chi connectivity index (χ0n) is 14.2. The van der Waals surface area contributed by atoms with Gasteiger partial charge in [-0.15, -0.1) is 0 Å². The topological polar surface area (TPSA) is 87.9 Å². The van der Waals surface area contributed by atoms with Crippen LogP contribution in [0.4, 0.5) is 5.69 Å². The minimum Gasteiger partial charge on any atom is -0.493 e. The van der Waals surface area contributed by atoms with E-state index in [1.165, 1.54) is 19.2 Å². The molecule has 0 aliphatic heterocycles. The van der Waals surface area contributed by atoms with Crippen LogP contribution >= 0.6 is 0 Å². The van der Waals surface area contributed by atoms with Crippen molar-refractivity contribution in [1.82, 2.24) is 0 Å². The first-order valence-electron chi connectivity index (χ1n) is 7.73. The molecule has 0 saturated carbocycles. The number of methoxy groups -OCH3 is 1. The van der Waals surface area contributed by atoms with E-state index in [1.54, 1.807) is 37.3 Å². The number of rotatable bonds is 7. The number of nitro benzene ring substituents is 1. The fourth-order valence-corrected chi connectivity index (χ4v) is 2.36. The molecule has 0 saturated heterocycles. The summed E-state index contributed by atoms with van der Waals surface area (Å²) < 4.78 is 16.0. The Bertz CT molecular complexity index is 774. The minimum atomic E-state index is -0.772. The van der Waals surface area contributed by atoms with Crippen molar-refractivity contribution in [2.75, 3.05) is 13.7 Å². The fourth-order valence-electron chi connectivity index (χ4n) is 2.36. The van der Waals surface area contributed by atoms with Crippen LogP contribution in [0.25, 0.3) is 0 Å². The van der Waals surface area contributed by atoms with Gasteiger partial charge in [0.05, 0.1) is 29.8 Å². The zero-order chi connectivity index (χ0) is 18.4. The summed E-state index contributed by atoms with van der Waals surface area (Å²) in [5.74, 6) is 0.329. The van der Waals surface area contributed by atoms with E-state index in [2.05, 4.69) is 0 Å². The highest BCUT2D eigenvalue weighted by atomic mass is 16.6. The van der Waals surface area contributed by atoms with E-state index in [4.69, 9.17) is 14.2 Å². The molecular weight excluding hydrogens is 326 g/mol. The largest absolute Gasteiger partial charge is 0.493 e. The number of benzene rings is 2. The molecule has 7 nitrogen and oxygen atoms in total. The Kier molecular flexibility index (Phi) is 5.94. The Labute approximate surface area is 145 Å². The average Bonchev–Trinajstić information content (AvgIpc) is 2.62. The number of ether oxygens (including phenoxy) is 3. The van der Waals surface area contributed by atoms with Crippen molar-refractivity contribution in [1.29, 1.82) is 0 Å².